The number of carbonyl (C=O) groups is 1. The Morgan fingerprint density at radius 1 is 1.11 bits per heavy atom. The molecular weight excluding hydrogens is 372 g/mol. The maximum atomic E-state index is 12.6. The first-order chi connectivity index (χ1) is 13.2. The van der Waals surface area contributed by atoms with Gasteiger partial charge in [-0.25, -0.2) is 0 Å². The highest BCUT2D eigenvalue weighted by Gasteiger charge is 2.34. The summed E-state index contributed by atoms with van der Waals surface area (Å²) in [6, 6.07) is 17.3. The largest absolute Gasteiger partial charge is 0.487 e. The van der Waals surface area contributed by atoms with Crippen molar-refractivity contribution in [3.05, 3.63) is 59.7 Å². The quantitative estimate of drug-likeness (QED) is 0.728. The number of hydrogen-bond donors (Lipinski definition) is 2. The molecule has 1 amide bonds. The SMILES string of the molecule is Cc1ccc(NC(=O)CC2CC3CCC(C2)N3)c(OCc2ccccc2)c1.Cl. The molecule has 0 aromatic heterocycles. The smallest absolute Gasteiger partial charge is 0.224 e. The van der Waals surface area contributed by atoms with E-state index in [-0.39, 0.29) is 18.3 Å². The summed E-state index contributed by atoms with van der Waals surface area (Å²) in [5.41, 5.74) is 2.99. The van der Waals surface area contributed by atoms with Gasteiger partial charge >= 0.3 is 0 Å². The number of fused-ring (bicyclic) bond motifs is 2. The number of anilines is 1. The van der Waals surface area contributed by atoms with Crippen LogP contribution in [-0.2, 0) is 11.4 Å². The van der Waals surface area contributed by atoms with Crippen LogP contribution in [0.15, 0.2) is 48.5 Å². The van der Waals surface area contributed by atoms with Gasteiger partial charge in [-0.15, -0.1) is 12.4 Å². The number of amides is 1. The number of benzene rings is 2. The molecule has 2 aromatic carbocycles. The Kier molecular flexibility index (Phi) is 6.97. The van der Waals surface area contributed by atoms with Crippen molar-refractivity contribution in [2.75, 3.05) is 5.32 Å². The van der Waals surface area contributed by atoms with Crippen LogP contribution in [0.1, 0.15) is 43.2 Å². The normalized spacial score (nSPS) is 23.0. The number of ether oxygens (including phenoxy) is 1. The van der Waals surface area contributed by atoms with Crippen LogP contribution in [0.3, 0.4) is 0 Å². The van der Waals surface area contributed by atoms with Crippen LogP contribution in [0.25, 0.3) is 0 Å². The van der Waals surface area contributed by atoms with Crippen molar-refractivity contribution >= 4 is 24.0 Å². The van der Waals surface area contributed by atoms with Crippen LogP contribution in [0.2, 0.25) is 0 Å². The monoisotopic (exact) mass is 400 g/mol. The minimum atomic E-state index is 0. The number of aryl methyl sites for hydroxylation is 1. The second-order valence-electron chi connectivity index (χ2n) is 8.00. The van der Waals surface area contributed by atoms with E-state index in [2.05, 4.69) is 10.6 Å². The van der Waals surface area contributed by atoms with E-state index in [1.54, 1.807) is 0 Å². The summed E-state index contributed by atoms with van der Waals surface area (Å²) in [5.74, 6) is 1.31. The van der Waals surface area contributed by atoms with Gasteiger partial charge in [0, 0.05) is 18.5 Å². The summed E-state index contributed by atoms with van der Waals surface area (Å²) in [5, 5.41) is 6.73. The molecule has 2 unspecified atom stereocenters. The fourth-order valence-corrected chi connectivity index (χ4v) is 4.39. The van der Waals surface area contributed by atoms with E-state index >= 15 is 0 Å². The molecule has 0 aliphatic carbocycles. The first-order valence-electron chi connectivity index (χ1n) is 9.99. The van der Waals surface area contributed by atoms with Gasteiger partial charge in [0.2, 0.25) is 5.91 Å². The van der Waals surface area contributed by atoms with E-state index in [0.717, 1.165) is 35.4 Å². The lowest BCUT2D eigenvalue weighted by atomic mass is 9.89. The molecule has 0 spiro atoms. The van der Waals surface area contributed by atoms with Gasteiger partial charge in [-0.1, -0.05) is 36.4 Å². The van der Waals surface area contributed by atoms with E-state index in [1.165, 1.54) is 12.8 Å². The summed E-state index contributed by atoms with van der Waals surface area (Å²) < 4.78 is 6.01. The van der Waals surface area contributed by atoms with Crippen LogP contribution in [-0.4, -0.2) is 18.0 Å². The molecule has 28 heavy (non-hydrogen) atoms. The minimum Gasteiger partial charge on any atom is -0.487 e. The van der Waals surface area contributed by atoms with Crippen molar-refractivity contribution in [1.29, 1.82) is 0 Å². The van der Waals surface area contributed by atoms with Crippen LogP contribution >= 0.6 is 12.4 Å². The summed E-state index contributed by atoms with van der Waals surface area (Å²) in [7, 11) is 0. The number of hydrogen-bond acceptors (Lipinski definition) is 3. The standard InChI is InChI=1S/C23H28N2O2.ClH/c1-16-7-10-21(22(11-16)27-15-17-5-3-2-4-6-17)25-23(26)14-18-12-19-8-9-20(13-18)24-19;/h2-7,10-11,18-20,24H,8-9,12-15H2,1H3,(H,25,26);1H. The highest BCUT2D eigenvalue weighted by Crippen LogP contribution is 2.33. The van der Waals surface area contributed by atoms with Crippen molar-refractivity contribution in [3.63, 3.8) is 0 Å². The van der Waals surface area contributed by atoms with E-state index in [1.807, 2.05) is 55.5 Å². The molecule has 2 atom stereocenters. The first kappa shape index (κ1) is 20.7. The zero-order chi connectivity index (χ0) is 18.6. The molecule has 150 valence electrons. The number of rotatable bonds is 6. The van der Waals surface area contributed by atoms with E-state index in [9.17, 15) is 4.79 Å². The van der Waals surface area contributed by atoms with Gasteiger partial charge < -0.3 is 15.4 Å². The molecule has 2 fully saturated rings. The molecule has 5 heteroatoms. The third kappa shape index (κ3) is 5.27. The van der Waals surface area contributed by atoms with Gasteiger partial charge in [0.15, 0.2) is 0 Å². The third-order valence-corrected chi connectivity index (χ3v) is 5.69. The Balaban J connectivity index is 0.00000225. The molecule has 0 saturated carbocycles. The number of nitrogens with one attached hydrogen (secondary N) is 2. The molecule has 4 nitrogen and oxygen atoms in total. The van der Waals surface area contributed by atoms with Gasteiger partial charge in [-0.2, -0.15) is 0 Å². The van der Waals surface area contributed by atoms with Crippen molar-refractivity contribution in [1.82, 2.24) is 5.32 Å². The second-order valence-corrected chi connectivity index (χ2v) is 8.00. The Morgan fingerprint density at radius 3 is 2.54 bits per heavy atom. The topological polar surface area (TPSA) is 50.4 Å². The molecular formula is C23H29ClN2O2. The predicted molar refractivity (Wildman–Crippen MR) is 115 cm³/mol. The van der Waals surface area contributed by atoms with Crippen LogP contribution in [0.4, 0.5) is 5.69 Å². The van der Waals surface area contributed by atoms with E-state index in [4.69, 9.17) is 4.74 Å². The number of carbonyl (C=O) groups excluding carboxylic acids is 1. The number of piperidine rings is 1. The second kappa shape index (κ2) is 9.44. The Morgan fingerprint density at radius 2 is 1.82 bits per heavy atom. The highest BCUT2D eigenvalue weighted by atomic mass is 35.5. The summed E-state index contributed by atoms with van der Waals surface area (Å²) >= 11 is 0. The van der Waals surface area contributed by atoms with Gasteiger partial charge in [0.1, 0.15) is 12.4 Å². The molecule has 2 aliphatic rings. The molecule has 2 aliphatic heterocycles. The van der Waals surface area contributed by atoms with Gasteiger partial charge in [-0.05, 0) is 61.8 Å². The average molecular weight is 401 g/mol. The lowest BCUT2D eigenvalue weighted by molar-refractivity contribution is -0.117. The minimum absolute atomic E-state index is 0. The molecule has 2 N–H and O–H groups in total. The van der Waals surface area contributed by atoms with E-state index < -0.39 is 0 Å². The lowest BCUT2D eigenvalue weighted by Gasteiger charge is -2.28. The summed E-state index contributed by atoms with van der Waals surface area (Å²) in [6.45, 7) is 2.52. The molecule has 0 radical (unpaired) electrons. The maximum absolute atomic E-state index is 12.6. The lowest BCUT2D eigenvalue weighted by Crippen LogP contribution is -2.39. The average Bonchev–Trinajstić information content (AvgIpc) is 3.01. The van der Waals surface area contributed by atoms with E-state index in [0.29, 0.717) is 31.0 Å². The first-order valence-corrected chi connectivity index (χ1v) is 9.99. The predicted octanol–water partition coefficient (Wildman–Crippen LogP) is 4.86. The van der Waals surface area contributed by atoms with Gasteiger partial charge in [0.05, 0.1) is 5.69 Å². The fourth-order valence-electron chi connectivity index (χ4n) is 4.39. The fraction of sp³-hybridized carbons (Fsp3) is 0.435. The zero-order valence-corrected chi connectivity index (χ0v) is 17.1. The van der Waals surface area contributed by atoms with Crippen LogP contribution in [0, 0.1) is 12.8 Å². The van der Waals surface area contributed by atoms with Gasteiger partial charge in [0.25, 0.3) is 0 Å². The van der Waals surface area contributed by atoms with Crippen molar-refractivity contribution in [2.24, 2.45) is 5.92 Å². The van der Waals surface area contributed by atoms with Gasteiger partial charge in [-0.3, -0.25) is 4.79 Å². The van der Waals surface area contributed by atoms with Crippen LogP contribution < -0.4 is 15.4 Å². The maximum Gasteiger partial charge on any atom is 0.224 e. The molecule has 4 rings (SSSR count). The number of halogens is 1. The van der Waals surface area contributed by atoms with Crippen LogP contribution in [0.5, 0.6) is 5.75 Å². The third-order valence-electron chi connectivity index (χ3n) is 5.69. The molecule has 2 bridgehead atoms. The Labute approximate surface area is 173 Å². The Bertz CT molecular complexity index is 784. The molecule has 2 heterocycles. The molecule has 2 aromatic rings. The van der Waals surface area contributed by atoms with Crippen molar-refractivity contribution in [3.8, 4) is 5.75 Å². The zero-order valence-electron chi connectivity index (χ0n) is 16.3. The van der Waals surface area contributed by atoms with Crippen molar-refractivity contribution < 1.29 is 9.53 Å². The molecule has 2 saturated heterocycles. The Hall–Kier alpha value is -2.04. The highest BCUT2D eigenvalue weighted by molar-refractivity contribution is 5.92. The summed E-state index contributed by atoms with van der Waals surface area (Å²) in [6.07, 6.45) is 5.36. The van der Waals surface area contributed by atoms with Crippen molar-refractivity contribution in [2.45, 2.75) is 57.7 Å². The summed E-state index contributed by atoms with van der Waals surface area (Å²) in [4.78, 5) is 12.6.